The number of nitrogens with one attached hydrogen (secondary N) is 1. The highest BCUT2D eigenvalue weighted by atomic mass is 32.2. The van der Waals surface area contributed by atoms with E-state index in [0.29, 0.717) is 12.1 Å². The van der Waals surface area contributed by atoms with Crippen molar-refractivity contribution in [2.24, 2.45) is 5.41 Å². The molecule has 2 fully saturated rings. The summed E-state index contributed by atoms with van der Waals surface area (Å²) in [4.78, 5) is 0. The lowest BCUT2D eigenvalue weighted by Crippen LogP contribution is -2.69. The standard InChI is InChI=1S/C15H29NO3S/c1-14(2)13(10-15(14,3)19-4)16-11-7-6-8-12(9-11)20(5,17)18/h11-13,16H,6-10H2,1-5H3. The largest absolute Gasteiger partial charge is 0.378 e. The zero-order valence-electron chi connectivity index (χ0n) is 13.4. The van der Waals surface area contributed by atoms with Gasteiger partial charge in [0.2, 0.25) is 0 Å². The highest BCUT2D eigenvalue weighted by Gasteiger charge is 2.57. The van der Waals surface area contributed by atoms with E-state index in [9.17, 15) is 8.42 Å². The van der Waals surface area contributed by atoms with Crippen molar-refractivity contribution in [3.8, 4) is 0 Å². The van der Waals surface area contributed by atoms with E-state index < -0.39 is 9.84 Å². The first-order chi connectivity index (χ1) is 9.10. The van der Waals surface area contributed by atoms with Crippen LogP contribution in [0.3, 0.4) is 0 Å². The van der Waals surface area contributed by atoms with E-state index in [-0.39, 0.29) is 16.3 Å². The van der Waals surface area contributed by atoms with E-state index in [2.05, 4.69) is 26.1 Å². The van der Waals surface area contributed by atoms with Crippen molar-refractivity contribution in [3.05, 3.63) is 0 Å². The number of methoxy groups -OCH3 is 1. The Kier molecular flexibility index (Phi) is 4.27. The Bertz CT molecular complexity index is 460. The molecular formula is C15H29NO3S. The Morgan fingerprint density at radius 3 is 2.35 bits per heavy atom. The first-order valence-electron chi connectivity index (χ1n) is 7.60. The fraction of sp³-hybridized carbons (Fsp3) is 1.00. The molecule has 118 valence electrons. The Hall–Kier alpha value is -0.130. The van der Waals surface area contributed by atoms with Crippen molar-refractivity contribution >= 4 is 9.84 Å². The third-order valence-corrected chi connectivity index (χ3v) is 7.59. The molecule has 0 aliphatic heterocycles. The van der Waals surface area contributed by atoms with Gasteiger partial charge in [-0.3, -0.25) is 0 Å². The lowest BCUT2D eigenvalue weighted by Gasteiger charge is -2.60. The van der Waals surface area contributed by atoms with Crippen molar-refractivity contribution in [3.63, 3.8) is 0 Å². The number of rotatable bonds is 4. The predicted octanol–water partition coefficient (Wildman–Crippen LogP) is 2.14. The van der Waals surface area contributed by atoms with Crippen LogP contribution >= 0.6 is 0 Å². The molecule has 20 heavy (non-hydrogen) atoms. The summed E-state index contributed by atoms with van der Waals surface area (Å²) in [5.41, 5.74) is 0.00928. The van der Waals surface area contributed by atoms with Gasteiger partial charge in [0.15, 0.2) is 0 Å². The molecule has 5 heteroatoms. The van der Waals surface area contributed by atoms with Crippen LogP contribution in [0.1, 0.15) is 52.9 Å². The van der Waals surface area contributed by atoms with E-state index in [1.807, 2.05) is 0 Å². The van der Waals surface area contributed by atoms with Crippen molar-refractivity contribution < 1.29 is 13.2 Å². The number of hydrogen-bond donors (Lipinski definition) is 1. The second-order valence-electron chi connectivity index (χ2n) is 7.40. The molecule has 2 rings (SSSR count). The smallest absolute Gasteiger partial charge is 0.150 e. The molecule has 0 amide bonds. The zero-order valence-corrected chi connectivity index (χ0v) is 14.2. The molecule has 2 aliphatic rings. The SMILES string of the molecule is COC1(C)CC(NC2CCCC(S(C)(=O)=O)C2)C1(C)C. The Labute approximate surface area is 123 Å². The minimum Gasteiger partial charge on any atom is -0.378 e. The third kappa shape index (κ3) is 2.77. The van der Waals surface area contributed by atoms with Gasteiger partial charge in [0.1, 0.15) is 9.84 Å². The minimum atomic E-state index is -2.90. The van der Waals surface area contributed by atoms with Crippen LogP contribution in [0.2, 0.25) is 0 Å². The van der Waals surface area contributed by atoms with Gasteiger partial charge in [-0.1, -0.05) is 20.3 Å². The zero-order chi connectivity index (χ0) is 15.2. The van der Waals surface area contributed by atoms with Crippen LogP contribution in [0.4, 0.5) is 0 Å². The first-order valence-corrected chi connectivity index (χ1v) is 9.56. The number of hydrogen-bond acceptors (Lipinski definition) is 4. The van der Waals surface area contributed by atoms with Crippen LogP contribution in [0.25, 0.3) is 0 Å². The molecule has 2 saturated carbocycles. The lowest BCUT2D eigenvalue weighted by molar-refractivity contribution is -0.182. The Morgan fingerprint density at radius 2 is 1.85 bits per heavy atom. The minimum absolute atomic E-state index is 0.0738. The summed E-state index contributed by atoms with van der Waals surface area (Å²) in [5, 5.41) is 3.53. The second-order valence-corrected chi connectivity index (χ2v) is 9.72. The van der Waals surface area contributed by atoms with Gasteiger partial charge in [-0.15, -0.1) is 0 Å². The Balaban J connectivity index is 1.95. The molecule has 0 heterocycles. The van der Waals surface area contributed by atoms with Crippen LogP contribution in [-0.4, -0.2) is 44.7 Å². The van der Waals surface area contributed by atoms with Crippen LogP contribution in [-0.2, 0) is 14.6 Å². The molecular weight excluding hydrogens is 274 g/mol. The highest BCUT2D eigenvalue weighted by Crippen LogP contribution is 2.51. The molecule has 0 spiro atoms. The highest BCUT2D eigenvalue weighted by molar-refractivity contribution is 7.91. The molecule has 4 atom stereocenters. The van der Waals surface area contributed by atoms with Gasteiger partial charge in [0.05, 0.1) is 10.9 Å². The van der Waals surface area contributed by atoms with Gasteiger partial charge in [0, 0.05) is 30.9 Å². The summed E-state index contributed by atoms with van der Waals surface area (Å²) in [6.07, 6.45) is 6.04. The number of sulfone groups is 1. The van der Waals surface area contributed by atoms with Gasteiger partial charge in [-0.2, -0.15) is 0 Å². The second kappa shape index (κ2) is 5.25. The molecule has 4 unspecified atom stereocenters. The van der Waals surface area contributed by atoms with Crippen molar-refractivity contribution in [1.82, 2.24) is 5.32 Å². The van der Waals surface area contributed by atoms with Crippen molar-refractivity contribution in [2.75, 3.05) is 13.4 Å². The van der Waals surface area contributed by atoms with Crippen LogP contribution < -0.4 is 5.32 Å². The van der Waals surface area contributed by atoms with Crippen molar-refractivity contribution in [1.29, 1.82) is 0 Å². The summed E-state index contributed by atoms with van der Waals surface area (Å²) < 4.78 is 29.1. The van der Waals surface area contributed by atoms with E-state index in [1.165, 1.54) is 6.26 Å². The van der Waals surface area contributed by atoms with Gasteiger partial charge >= 0.3 is 0 Å². The van der Waals surface area contributed by atoms with Crippen molar-refractivity contribution in [2.45, 2.75) is 75.8 Å². The molecule has 0 aromatic heterocycles. The summed E-state index contributed by atoms with van der Waals surface area (Å²) in [7, 11) is -1.13. The molecule has 0 aromatic carbocycles. The molecule has 2 aliphatic carbocycles. The van der Waals surface area contributed by atoms with E-state index in [4.69, 9.17) is 4.74 Å². The fourth-order valence-corrected chi connectivity index (χ4v) is 4.91. The number of ether oxygens (including phenoxy) is 1. The summed E-state index contributed by atoms with van der Waals surface area (Å²) in [6, 6.07) is 0.741. The molecule has 0 aromatic rings. The first kappa shape index (κ1) is 16.2. The van der Waals surface area contributed by atoms with Gasteiger partial charge in [-0.05, 0) is 32.6 Å². The lowest BCUT2D eigenvalue weighted by atomic mass is 9.55. The normalized spacial score (nSPS) is 41.1. The summed E-state index contributed by atoms with van der Waals surface area (Å²) in [6.45, 7) is 6.62. The molecule has 0 saturated heterocycles. The molecule has 4 nitrogen and oxygen atoms in total. The average molecular weight is 303 g/mol. The average Bonchev–Trinajstić information content (AvgIpc) is 2.37. The van der Waals surface area contributed by atoms with E-state index in [0.717, 1.165) is 32.1 Å². The predicted molar refractivity (Wildman–Crippen MR) is 81.6 cm³/mol. The van der Waals surface area contributed by atoms with Gasteiger partial charge in [-0.25, -0.2) is 8.42 Å². The van der Waals surface area contributed by atoms with Crippen LogP contribution in [0.5, 0.6) is 0 Å². The van der Waals surface area contributed by atoms with Gasteiger partial charge in [0.25, 0.3) is 0 Å². The Morgan fingerprint density at radius 1 is 1.20 bits per heavy atom. The quantitative estimate of drug-likeness (QED) is 0.864. The van der Waals surface area contributed by atoms with Crippen LogP contribution in [0.15, 0.2) is 0 Å². The van der Waals surface area contributed by atoms with Crippen LogP contribution in [0, 0.1) is 5.41 Å². The molecule has 1 N–H and O–H groups in total. The monoisotopic (exact) mass is 303 g/mol. The maximum atomic E-state index is 11.7. The third-order valence-electron chi connectivity index (χ3n) is 5.95. The maximum absolute atomic E-state index is 11.7. The maximum Gasteiger partial charge on any atom is 0.150 e. The van der Waals surface area contributed by atoms with E-state index >= 15 is 0 Å². The van der Waals surface area contributed by atoms with Gasteiger partial charge < -0.3 is 10.1 Å². The summed E-state index contributed by atoms with van der Waals surface area (Å²) >= 11 is 0. The fourth-order valence-electron chi connectivity index (χ4n) is 3.73. The molecule has 0 bridgehead atoms. The van der Waals surface area contributed by atoms with E-state index in [1.54, 1.807) is 7.11 Å². The summed E-state index contributed by atoms with van der Waals surface area (Å²) in [5.74, 6) is 0. The molecule has 0 radical (unpaired) electrons. The topological polar surface area (TPSA) is 55.4 Å².